The van der Waals surface area contributed by atoms with Crippen LogP contribution < -0.4 is 0 Å². The Balaban J connectivity index is 1.45. The fourth-order valence-corrected chi connectivity index (χ4v) is 3.66. The van der Waals surface area contributed by atoms with Crippen molar-refractivity contribution in [1.29, 1.82) is 0 Å². The minimum Gasteiger partial charge on any atom is -0.445 e. The van der Waals surface area contributed by atoms with Gasteiger partial charge in [-0.2, -0.15) is 10.1 Å². The fourth-order valence-electron chi connectivity index (χ4n) is 3.53. The number of carbonyl (C=O) groups is 1. The molecule has 2 aliphatic heterocycles. The standard InChI is InChI=1S/C23H23ClN4O2/c1-17-14-25-22(26-28(17)15-18-9-11-20(24)12-10-18)21-8-5-13-27(21)23(29)30-16-19-6-3-2-4-7-19/h2-4,6-7,9-12,21H,5,8,13,15-16H2,1H3/t21-/m1/s1. The van der Waals surface area contributed by atoms with Crippen molar-refractivity contribution in [2.45, 2.75) is 39.0 Å². The number of benzene rings is 2. The van der Waals surface area contributed by atoms with E-state index in [1.165, 1.54) is 0 Å². The maximum atomic E-state index is 12.7. The summed E-state index contributed by atoms with van der Waals surface area (Å²) in [5, 5.41) is 7.27. The number of hydrogen-bond donors (Lipinski definition) is 0. The fraction of sp³-hybridized carbons (Fsp3) is 0.304. The van der Waals surface area contributed by atoms with Gasteiger partial charge >= 0.3 is 6.09 Å². The molecular formula is C23H23ClN4O2. The molecule has 30 heavy (non-hydrogen) atoms. The van der Waals surface area contributed by atoms with Crippen LogP contribution in [-0.2, 0) is 17.9 Å². The number of hydrazone groups is 1. The molecule has 2 aromatic rings. The second-order valence-electron chi connectivity index (χ2n) is 7.34. The summed E-state index contributed by atoms with van der Waals surface area (Å²) in [6, 6.07) is 17.1. The number of ether oxygens (including phenoxy) is 1. The summed E-state index contributed by atoms with van der Waals surface area (Å²) in [4.78, 5) is 18.8. The summed E-state index contributed by atoms with van der Waals surface area (Å²) in [5.74, 6) is 3.63. The second-order valence-corrected chi connectivity index (χ2v) is 7.78. The molecule has 1 fully saturated rings. The molecule has 0 saturated carbocycles. The van der Waals surface area contributed by atoms with Crippen LogP contribution in [0, 0.1) is 0 Å². The number of hydrogen-bond acceptors (Lipinski definition) is 5. The van der Waals surface area contributed by atoms with E-state index in [9.17, 15) is 4.79 Å². The highest BCUT2D eigenvalue weighted by Crippen LogP contribution is 2.23. The van der Waals surface area contributed by atoms with E-state index in [1.807, 2.05) is 66.5 Å². The summed E-state index contributed by atoms with van der Waals surface area (Å²) in [5.41, 5.74) is 2.86. The minimum absolute atomic E-state index is 0.207. The molecule has 2 aliphatic rings. The maximum absolute atomic E-state index is 12.7. The molecule has 7 heteroatoms. The molecular weight excluding hydrogens is 400 g/mol. The lowest BCUT2D eigenvalue weighted by Crippen LogP contribution is -2.41. The Morgan fingerprint density at radius 2 is 1.93 bits per heavy atom. The van der Waals surface area contributed by atoms with Crippen molar-refractivity contribution in [2.75, 3.05) is 6.54 Å². The van der Waals surface area contributed by atoms with Gasteiger partial charge in [0.05, 0.1) is 18.3 Å². The first-order chi connectivity index (χ1) is 14.6. The van der Waals surface area contributed by atoms with Gasteiger partial charge in [-0.25, -0.2) is 4.79 Å². The number of carbonyl (C=O) groups excluding carboxylic acids is 1. The molecule has 0 bridgehead atoms. The van der Waals surface area contributed by atoms with Crippen molar-refractivity contribution in [3.63, 3.8) is 0 Å². The molecule has 0 radical (unpaired) electrons. The minimum atomic E-state index is -0.338. The smallest absolute Gasteiger partial charge is 0.410 e. The van der Waals surface area contributed by atoms with E-state index in [1.54, 1.807) is 4.90 Å². The highest BCUT2D eigenvalue weighted by atomic mass is 35.5. The van der Waals surface area contributed by atoms with E-state index in [-0.39, 0.29) is 18.7 Å². The SMILES string of the molecule is CC1=C=NC([C@H]2CCCN2C(=O)OCc2ccccc2)=NN1Cc1ccc(Cl)cc1. The molecule has 1 saturated heterocycles. The lowest BCUT2D eigenvalue weighted by molar-refractivity contribution is 0.0989. The predicted octanol–water partition coefficient (Wildman–Crippen LogP) is 4.84. The number of halogens is 1. The summed E-state index contributed by atoms with van der Waals surface area (Å²) < 4.78 is 5.53. The van der Waals surface area contributed by atoms with E-state index >= 15 is 0 Å². The van der Waals surface area contributed by atoms with E-state index in [4.69, 9.17) is 21.4 Å². The van der Waals surface area contributed by atoms with Crippen LogP contribution in [0.15, 0.2) is 70.4 Å². The van der Waals surface area contributed by atoms with Gasteiger partial charge in [-0.3, -0.25) is 9.91 Å². The zero-order chi connectivity index (χ0) is 20.9. The third-order valence-corrected chi connectivity index (χ3v) is 5.43. The maximum Gasteiger partial charge on any atom is 0.410 e. The van der Waals surface area contributed by atoms with Crippen molar-refractivity contribution < 1.29 is 9.53 Å². The third-order valence-electron chi connectivity index (χ3n) is 5.18. The van der Waals surface area contributed by atoms with Crippen LogP contribution in [0.4, 0.5) is 4.79 Å². The largest absolute Gasteiger partial charge is 0.445 e. The van der Waals surface area contributed by atoms with Gasteiger partial charge in [-0.05, 0) is 43.0 Å². The average Bonchev–Trinajstić information content (AvgIpc) is 3.26. The highest BCUT2D eigenvalue weighted by Gasteiger charge is 2.35. The first-order valence-corrected chi connectivity index (χ1v) is 10.4. The molecule has 0 unspecified atom stereocenters. The quantitative estimate of drug-likeness (QED) is 0.692. The van der Waals surface area contributed by atoms with Crippen LogP contribution in [0.3, 0.4) is 0 Å². The monoisotopic (exact) mass is 422 g/mol. The van der Waals surface area contributed by atoms with E-state index in [0.29, 0.717) is 23.9 Å². The number of allylic oxidation sites excluding steroid dienone is 1. The molecule has 0 N–H and O–H groups in total. The van der Waals surface area contributed by atoms with Crippen LogP contribution in [0.1, 0.15) is 30.9 Å². The number of nitrogens with zero attached hydrogens (tertiary/aromatic N) is 4. The van der Waals surface area contributed by atoms with Crippen molar-refractivity contribution >= 4 is 29.4 Å². The molecule has 0 aliphatic carbocycles. The molecule has 2 heterocycles. The Kier molecular flexibility index (Phi) is 6.17. The number of amides is 1. The van der Waals surface area contributed by atoms with Crippen LogP contribution in [0.2, 0.25) is 5.02 Å². The average molecular weight is 423 g/mol. The van der Waals surface area contributed by atoms with Crippen molar-refractivity contribution in [2.24, 2.45) is 10.1 Å². The summed E-state index contributed by atoms with van der Waals surface area (Å²) >= 11 is 5.98. The Morgan fingerprint density at radius 3 is 2.70 bits per heavy atom. The van der Waals surface area contributed by atoms with Crippen molar-refractivity contribution in [1.82, 2.24) is 9.91 Å². The van der Waals surface area contributed by atoms with Gasteiger partial charge in [0.2, 0.25) is 0 Å². The molecule has 0 spiro atoms. The topological polar surface area (TPSA) is 57.5 Å². The summed E-state index contributed by atoms with van der Waals surface area (Å²) in [7, 11) is 0. The van der Waals surface area contributed by atoms with Crippen LogP contribution in [-0.4, -0.2) is 40.3 Å². The van der Waals surface area contributed by atoms with Gasteiger partial charge in [0.1, 0.15) is 6.61 Å². The van der Waals surface area contributed by atoms with Crippen molar-refractivity contribution in [3.8, 4) is 0 Å². The Hall–Kier alpha value is -3.08. The van der Waals surface area contributed by atoms with Gasteiger partial charge in [0.15, 0.2) is 5.84 Å². The number of likely N-dealkylation sites (tertiary alicyclic amines) is 1. The van der Waals surface area contributed by atoms with E-state index in [0.717, 1.165) is 29.7 Å². The molecule has 1 atom stereocenters. The molecule has 0 aromatic heterocycles. The van der Waals surface area contributed by atoms with E-state index in [2.05, 4.69) is 10.9 Å². The molecule has 6 nitrogen and oxygen atoms in total. The Labute approximate surface area is 181 Å². The molecule has 1 amide bonds. The van der Waals surface area contributed by atoms with Crippen LogP contribution >= 0.6 is 11.6 Å². The molecule has 4 rings (SSSR count). The number of aliphatic imine (C=N–C) groups is 1. The highest BCUT2D eigenvalue weighted by molar-refractivity contribution is 6.30. The van der Waals surface area contributed by atoms with Crippen molar-refractivity contribution in [3.05, 3.63) is 76.4 Å². The summed E-state index contributed by atoms with van der Waals surface area (Å²) in [6.45, 7) is 3.38. The Morgan fingerprint density at radius 1 is 1.17 bits per heavy atom. The molecule has 2 aromatic carbocycles. The second kappa shape index (κ2) is 9.16. The lowest BCUT2D eigenvalue weighted by Gasteiger charge is -2.27. The first kappa shape index (κ1) is 20.2. The van der Waals surface area contributed by atoms with E-state index < -0.39 is 0 Å². The number of amidine groups is 1. The van der Waals surface area contributed by atoms with Crippen LogP contribution in [0.25, 0.3) is 0 Å². The third kappa shape index (κ3) is 4.73. The first-order valence-electron chi connectivity index (χ1n) is 9.98. The van der Waals surface area contributed by atoms with Gasteiger partial charge in [-0.15, -0.1) is 0 Å². The normalized spacial score (nSPS) is 18.3. The van der Waals surface area contributed by atoms with Gasteiger partial charge in [0.25, 0.3) is 0 Å². The van der Waals surface area contributed by atoms with Gasteiger partial charge < -0.3 is 4.74 Å². The van der Waals surface area contributed by atoms with Crippen LogP contribution in [0.5, 0.6) is 0 Å². The summed E-state index contributed by atoms with van der Waals surface area (Å²) in [6.07, 6.45) is 1.35. The zero-order valence-electron chi connectivity index (χ0n) is 16.8. The number of rotatable bonds is 5. The zero-order valence-corrected chi connectivity index (χ0v) is 17.5. The van der Waals surface area contributed by atoms with Gasteiger partial charge in [0, 0.05) is 17.4 Å². The van der Waals surface area contributed by atoms with Gasteiger partial charge in [-0.1, -0.05) is 54.1 Å². The molecule has 154 valence electrons. The Bertz CT molecular complexity index is 998. The lowest BCUT2D eigenvalue weighted by atomic mass is 10.2. The predicted molar refractivity (Wildman–Crippen MR) is 117 cm³/mol.